The van der Waals surface area contributed by atoms with Crippen LogP contribution in [0.1, 0.15) is 12.8 Å². The Morgan fingerprint density at radius 1 is 1.56 bits per heavy atom. The van der Waals surface area contributed by atoms with E-state index in [4.69, 9.17) is 10.2 Å². The van der Waals surface area contributed by atoms with Crippen molar-refractivity contribution in [2.24, 2.45) is 5.73 Å². The molecule has 0 bridgehead atoms. The van der Waals surface area contributed by atoms with Crippen LogP contribution in [0.25, 0.3) is 0 Å². The predicted octanol–water partition coefficient (Wildman–Crippen LogP) is -0.178. The van der Waals surface area contributed by atoms with Crippen LogP contribution in [-0.4, -0.2) is 53.3 Å². The summed E-state index contributed by atoms with van der Waals surface area (Å²) in [6.45, 7) is 3.74. The zero-order chi connectivity index (χ0) is 14.4. The molecule has 0 aromatic heterocycles. The number of carbonyl (C=O) groups is 2. The van der Waals surface area contributed by atoms with Crippen LogP contribution in [-0.2, 0) is 9.59 Å². The monoisotopic (exact) mass is 278 g/mol. The van der Waals surface area contributed by atoms with Crippen LogP contribution in [0.15, 0.2) is 12.7 Å². The second kappa shape index (κ2) is 14.0. The summed E-state index contributed by atoms with van der Waals surface area (Å²) < 4.78 is 0. The van der Waals surface area contributed by atoms with Gasteiger partial charge in [0.05, 0.1) is 0 Å². The molecule has 0 heterocycles. The molecule has 1 amide bonds. The number of thioether (sulfide) groups is 1. The number of hydrogen-bond donors (Lipinski definition) is 4. The third-order valence-electron chi connectivity index (χ3n) is 1.84. The van der Waals surface area contributed by atoms with E-state index in [1.165, 1.54) is 0 Å². The molecule has 0 aliphatic heterocycles. The number of aliphatic hydroxyl groups excluding tert-OH is 1. The van der Waals surface area contributed by atoms with Crippen LogP contribution >= 0.6 is 11.8 Å². The van der Waals surface area contributed by atoms with E-state index in [1.807, 2.05) is 6.26 Å². The normalized spacial score (nSPS) is 11.0. The fourth-order valence-electron chi connectivity index (χ4n) is 0.904. The predicted molar refractivity (Wildman–Crippen MR) is 73.5 cm³/mol. The van der Waals surface area contributed by atoms with E-state index in [0.29, 0.717) is 19.4 Å². The van der Waals surface area contributed by atoms with Gasteiger partial charge in [-0.05, 0) is 37.5 Å². The van der Waals surface area contributed by atoms with Crippen LogP contribution in [0, 0.1) is 0 Å². The lowest BCUT2D eigenvalue weighted by Gasteiger charge is -2.12. The second-order valence-corrected chi connectivity index (χ2v) is 4.30. The number of primary amides is 1. The average molecular weight is 278 g/mol. The van der Waals surface area contributed by atoms with Crippen molar-refractivity contribution in [3.63, 3.8) is 0 Å². The molecule has 5 N–H and O–H groups in total. The number of nitrogens with one attached hydrogen (secondary N) is 1. The smallest absolute Gasteiger partial charge is 0.320 e. The highest BCUT2D eigenvalue weighted by molar-refractivity contribution is 7.98. The lowest BCUT2D eigenvalue weighted by atomic mass is 10.2. The van der Waals surface area contributed by atoms with Crippen molar-refractivity contribution in [1.82, 2.24) is 5.32 Å². The van der Waals surface area contributed by atoms with Gasteiger partial charge >= 0.3 is 5.97 Å². The highest BCUT2D eigenvalue weighted by atomic mass is 32.2. The highest BCUT2D eigenvalue weighted by Crippen LogP contribution is 2.00. The topological polar surface area (TPSA) is 113 Å². The van der Waals surface area contributed by atoms with Gasteiger partial charge in [-0.3, -0.25) is 9.59 Å². The minimum absolute atomic E-state index is 0.0991. The molecule has 106 valence electrons. The highest BCUT2D eigenvalue weighted by Gasteiger charge is 2.14. The maximum atomic E-state index is 10.7. The molecule has 0 saturated carbocycles. The number of carboxylic acids is 1. The molecule has 0 aliphatic carbocycles. The number of carbonyl (C=O) groups excluding carboxylic acids is 1. The van der Waals surface area contributed by atoms with Gasteiger partial charge in [-0.2, -0.15) is 11.8 Å². The summed E-state index contributed by atoms with van der Waals surface area (Å²) in [4.78, 5) is 20.1. The van der Waals surface area contributed by atoms with Gasteiger partial charge in [0.25, 0.3) is 0 Å². The van der Waals surface area contributed by atoms with Crippen LogP contribution in [0.4, 0.5) is 0 Å². The van der Waals surface area contributed by atoms with Crippen molar-refractivity contribution in [2.75, 3.05) is 25.2 Å². The molecule has 0 rings (SSSR count). The molecular weight excluding hydrogens is 256 g/mol. The Balaban J connectivity index is 0. The summed E-state index contributed by atoms with van der Waals surface area (Å²) in [5.74, 6) is -0.458. The molecule has 0 aromatic rings. The first-order chi connectivity index (χ1) is 8.49. The number of aliphatic hydroxyl groups is 1. The van der Waals surface area contributed by atoms with Gasteiger partial charge in [-0.15, -0.1) is 0 Å². The van der Waals surface area contributed by atoms with Crippen molar-refractivity contribution in [1.29, 1.82) is 0 Å². The van der Waals surface area contributed by atoms with Crippen LogP contribution in [0.3, 0.4) is 0 Å². The number of aliphatic carboxylic acids is 1. The first kappa shape index (κ1) is 19.3. The summed E-state index contributed by atoms with van der Waals surface area (Å²) in [5.41, 5.74) is 4.53. The molecule has 1 atom stereocenters. The van der Waals surface area contributed by atoms with Crippen molar-refractivity contribution >= 4 is 23.6 Å². The second-order valence-electron chi connectivity index (χ2n) is 3.31. The number of nitrogens with two attached hydrogens (primary N) is 1. The number of hydrogen-bond acceptors (Lipinski definition) is 5. The maximum Gasteiger partial charge on any atom is 0.320 e. The van der Waals surface area contributed by atoms with Crippen molar-refractivity contribution in [3.05, 3.63) is 12.7 Å². The van der Waals surface area contributed by atoms with Crippen LogP contribution < -0.4 is 11.1 Å². The first-order valence-corrected chi connectivity index (χ1v) is 6.86. The first-order valence-electron chi connectivity index (χ1n) is 5.47. The standard InChI is InChI=1S/C8H17NO3S.C3H5NO/c1-13-6-3-7(8(11)12)9-4-2-5-10;1-2-3(4)5/h7,9-10H,2-6H2,1H3,(H,11,12);2H,1H2,(H2,4,5)/t7-;/m0./s1. The van der Waals surface area contributed by atoms with E-state index in [1.54, 1.807) is 11.8 Å². The van der Waals surface area contributed by atoms with Gasteiger partial charge in [0.15, 0.2) is 0 Å². The molecule has 0 aromatic carbocycles. The summed E-state index contributed by atoms with van der Waals surface area (Å²) in [5, 5.41) is 20.1. The van der Waals surface area contributed by atoms with Crippen LogP contribution in [0.2, 0.25) is 0 Å². The van der Waals surface area contributed by atoms with Gasteiger partial charge in [-0.1, -0.05) is 6.58 Å². The van der Waals surface area contributed by atoms with Gasteiger partial charge in [-0.25, -0.2) is 0 Å². The molecular formula is C11H22N2O4S. The molecule has 0 fully saturated rings. The van der Waals surface area contributed by atoms with Gasteiger partial charge in [0.2, 0.25) is 5.91 Å². The molecule has 18 heavy (non-hydrogen) atoms. The Hall–Kier alpha value is -1.05. The van der Waals surface area contributed by atoms with Crippen molar-refractivity contribution < 1.29 is 19.8 Å². The summed E-state index contributed by atoms with van der Waals surface area (Å²) >= 11 is 1.63. The van der Waals surface area contributed by atoms with E-state index in [0.717, 1.165) is 11.8 Å². The largest absolute Gasteiger partial charge is 0.480 e. The number of carboxylic acid groups (broad SMARTS) is 1. The van der Waals surface area contributed by atoms with Gasteiger partial charge in [0.1, 0.15) is 6.04 Å². The number of rotatable bonds is 9. The molecule has 7 heteroatoms. The zero-order valence-corrected chi connectivity index (χ0v) is 11.4. The Kier molecular flexibility index (Phi) is 15.0. The summed E-state index contributed by atoms with van der Waals surface area (Å²) in [7, 11) is 0. The minimum Gasteiger partial charge on any atom is -0.480 e. The average Bonchev–Trinajstić information content (AvgIpc) is 2.33. The summed E-state index contributed by atoms with van der Waals surface area (Å²) in [6.07, 6.45) is 4.23. The van der Waals surface area contributed by atoms with Crippen molar-refractivity contribution in [2.45, 2.75) is 18.9 Å². The fraction of sp³-hybridized carbons (Fsp3) is 0.636. The molecule has 0 spiro atoms. The van der Waals surface area contributed by atoms with E-state index in [2.05, 4.69) is 17.6 Å². The molecule has 0 unspecified atom stereocenters. The van der Waals surface area contributed by atoms with Crippen LogP contribution in [0.5, 0.6) is 0 Å². The Labute approximate surface area is 112 Å². The Morgan fingerprint density at radius 2 is 2.11 bits per heavy atom. The lowest BCUT2D eigenvalue weighted by Crippen LogP contribution is -2.37. The van der Waals surface area contributed by atoms with E-state index in [-0.39, 0.29) is 6.61 Å². The molecule has 0 saturated heterocycles. The quantitative estimate of drug-likeness (QED) is 0.344. The van der Waals surface area contributed by atoms with Gasteiger partial charge in [0, 0.05) is 6.61 Å². The van der Waals surface area contributed by atoms with E-state index >= 15 is 0 Å². The van der Waals surface area contributed by atoms with Gasteiger partial charge < -0.3 is 21.3 Å². The lowest BCUT2D eigenvalue weighted by molar-refractivity contribution is -0.139. The SMILES string of the molecule is C=CC(N)=O.CSCC[C@H](NCCCO)C(=O)O. The fourth-order valence-corrected chi connectivity index (χ4v) is 1.38. The summed E-state index contributed by atoms with van der Waals surface area (Å²) in [6, 6.07) is -0.473. The van der Waals surface area contributed by atoms with E-state index in [9.17, 15) is 9.59 Å². The third kappa shape index (κ3) is 14.9. The maximum absolute atomic E-state index is 10.7. The molecule has 6 nitrogen and oxygen atoms in total. The van der Waals surface area contributed by atoms with Crippen molar-refractivity contribution in [3.8, 4) is 0 Å². The Bertz CT molecular complexity index is 249. The van der Waals surface area contributed by atoms with E-state index < -0.39 is 17.9 Å². The Morgan fingerprint density at radius 3 is 2.44 bits per heavy atom. The molecule has 0 radical (unpaired) electrons. The number of amides is 1. The third-order valence-corrected chi connectivity index (χ3v) is 2.48. The minimum atomic E-state index is -0.813. The zero-order valence-electron chi connectivity index (χ0n) is 10.6. The molecule has 0 aliphatic rings.